The van der Waals surface area contributed by atoms with Crippen LogP contribution >= 0.6 is 11.6 Å². The highest BCUT2D eigenvalue weighted by atomic mass is 35.5. The molecule has 1 amide bonds. The van der Waals surface area contributed by atoms with Gasteiger partial charge in [-0.3, -0.25) is 14.2 Å². The van der Waals surface area contributed by atoms with Gasteiger partial charge in [0.2, 0.25) is 5.91 Å². The molecule has 1 aromatic heterocycles. The van der Waals surface area contributed by atoms with Crippen LogP contribution in [0.25, 0.3) is 10.9 Å². The number of rotatable bonds is 10. The number of hydrogen-bond donors (Lipinski definition) is 0. The molecule has 0 aliphatic heterocycles. The molecule has 32 heavy (non-hydrogen) atoms. The van der Waals surface area contributed by atoms with Gasteiger partial charge in [-0.1, -0.05) is 68.1 Å². The van der Waals surface area contributed by atoms with E-state index in [4.69, 9.17) is 16.6 Å². The van der Waals surface area contributed by atoms with Crippen molar-refractivity contribution < 1.29 is 4.79 Å². The van der Waals surface area contributed by atoms with Crippen molar-refractivity contribution in [2.45, 2.75) is 58.4 Å². The Morgan fingerprint density at radius 1 is 1.12 bits per heavy atom. The van der Waals surface area contributed by atoms with Crippen LogP contribution < -0.4 is 5.56 Å². The molecule has 0 bridgehead atoms. The lowest BCUT2D eigenvalue weighted by Crippen LogP contribution is -2.38. The highest BCUT2D eigenvalue weighted by Crippen LogP contribution is 2.23. The molecule has 6 heteroatoms. The fourth-order valence-electron chi connectivity index (χ4n) is 4.05. The van der Waals surface area contributed by atoms with E-state index in [0.717, 1.165) is 32.1 Å². The SMILES string of the molecule is CCCCCCC(=O)N(CCc1ccccc1)C(C)c1nc2cc(Cl)ccc2c(=O)n1C. The van der Waals surface area contributed by atoms with E-state index in [-0.39, 0.29) is 17.5 Å². The van der Waals surface area contributed by atoms with Gasteiger partial charge in [0.25, 0.3) is 5.56 Å². The number of amides is 1. The summed E-state index contributed by atoms with van der Waals surface area (Å²) >= 11 is 6.14. The number of carbonyl (C=O) groups is 1. The standard InChI is InChI=1S/C26H32ClN3O2/c1-4-5-6-10-13-24(31)30(17-16-20-11-8-7-9-12-20)19(2)25-28-23-18-21(27)14-15-22(23)26(32)29(25)3/h7-9,11-12,14-15,18-19H,4-6,10,13,16-17H2,1-3H3. The Morgan fingerprint density at radius 2 is 1.88 bits per heavy atom. The summed E-state index contributed by atoms with van der Waals surface area (Å²) in [5, 5.41) is 1.05. The summed E-state index contributed by atoms with van der Waals surface area (Å²) in [6.45, 7) is 4.68. The van der Waals surface area contributed by atoms with Crippen molar-refractivity contribution in [1.82, 2.24) is 14.5 Å². The van der Waals surface area contributed by atoms with Crippen LogP contribution in [0.5, 0.6) is 0 Å². The molecule has 0 fully saturated rings. The molecule has 1 heterocycles. The summed E-state index contributed by atoms with van der Waals surface area (Å²) in [6.07, 6.45) is 5.45. The first-order chi connectivity index (χ1) is 15.4. The third-order valence-corrected chi connectivity index (χ3v) is 6.20. The van der Waals surface area contributed by atoms with E-state index in [0.29, 0.717) is 34.7 Å². The third kappa shape index (κ3) is 5.77. The Balaban J connectivity index is 1.91. The minimum atomic E-state index is -0.335. The molecule has 3 aromatic rings. The fourth-order valence-corrected chi connectivity index (χ4v) is 4.22. The number of nitrogens with zero attached hydrogens (tertiary/aromatic N) is 3. The van der Waals surface area contributed by atoms with Gasteiger partial charge < -0.3 is 4.90 Å². The Labute approximate surface area is 195 Å². The van der Waals surface area contributed by atoms with Crippen LogP contribution in [-0.4, -0.2) is 26.9 Å². The molecule has 0 spiro atoms. The summed E-state index contributed by atoms with van der Waals surface area (Å²) in [4.78, 5) is 32.8. The van der Waals surface area contributed by atoms with Crippen molar-refractivity contribution in [3.05, 3.63) is 75.3 Å². The third-order valence-electron chi connectivity index (χ3n) is 5.96. The number of benzene rings is 2. The summed E-state index contributed by atoms with van der Waals surface area (Å²) in [6, 6.07) is 14.9. The normalized spacial score (nSPS) is 12.1. The monoisotopic (exact) mass is 453 g/mol. The molecular formula is C26H32ClN3O2. The molecule has 1 atom stereocenters. The lowest BCUT2D eigenvalue weighted by atomic mass is 10.1. The Hall–Kier alpha value is -2.66. The number of carbonyl (C=O) groups excluding carboxylic acids is 1. The van der Waals surface area contributed by atoms with Gasteiger partial charge in [-0.25, -0.2) is 4.98 Å². The van der Waals surface area contributed by atoms with Gasteiger partial charge in [-0.15, -0.1) is 0 Å². The van der Waals surface area contributed by atoms with E-state index in [2.05, 4.69) is 19.1 Å². The van der Waals surface area contributed by atoms with Crippen LogP contribution in [0.3, 0.4) is 0 Å². The molecule has 2 aromatic carbocycles. The summed E-state index contributed by atoms with van der Waals surface area (Å²) in [7, 11) is 1.72. The predicted octanol–water partition coefficient (Wildman–Crippen LogP) is 5.69. The second kappa shape index (κ2) is 11.3. The fraction of sp³-hybridized carbons (Fsp3) is 0.423. The van der Waals surface area contributed by atoms with Crippen LogP contribution in [-0.2, 0) is 18.3 Å². The summed E-state index contributed by atoms with van der Waals surface area (Å²) in [5.41, 5.74) is 1.60. The first-order valence-corrected chi connectivity index (χ1v) is 11.8. The van der Waals surface area contributed by atoms with Crippen LogP contribution in [0, 0.1) is 0 Å². The van der Waals surface area contributed by atoms with Crippen LogP contribution in [0.15, 0.2) is 53.3 Å². The van der Waals surface area contributed by atoms with Gasteiger partial charge in [0.05, 0.1) is 16.9 Å². The molecule has 0 saturated heterocycles. The highest BCUT2D eigenvalue weighted by Gasteiger charge is 2.25. The zero-order valence-corrected chi connectivity index (χ0v) is 19.9. The van der Waals surface area contributed by atoms with Crippen molar-refractivity contribution in [2.75, 3.05) is 6.54 Å². The lowest BCUT2D eigenvalue weighted by Gasteiger charge is -2.30. The average Bonchev–Trinajstić information content (AvgIpc) is 2.79. The Morgan fingerprint density at radius 3 is 2.59 bits per heavy atom. The predicted molar refractivity (Wildman–Crippen MR) is 131 cm³/mol. The molecule has 0 radical (unpaired) electrons. The van der Waals surface area contributed by atoms with Gasteiger partial charge in [0, 0.05) is 25.0 Å². The Kier molecular flexibility index (Phi) is 8.46. The average molecular weight is 454 g/mol. The van der Waals surface area contributed by atoms with E-state index in [9.17, 15) is 9.59 Å². The van der Waals surface area contributed by atoms with Crippen LogP contribution in [0.2, 0.25) is 5.02 Å². The van der Waals surface area contributed by atoms with Gasteiger partial charge in [0.1, 0.15) is 5.82 Å². The topological polar surface area (TPSA) is 55.2 Å². The molecule has 0 saturated carbocycles. The minimum Gasteiger partial charge on any atom is -0.332 e. The van der Waals surface area contributed by atoms with Gasteiger partial charge in [-0.2, -0.15) is 0 Å². The minimum absolute atomic E-state index is 0.102. The number of halogens is 1. The van der Waals surface area contributed by atoms with Crippen molar-refractivity contribution in [2.24, 2.45) is 7.05 Å². The maximum Gasteiger partial charge on any atom is 0.261 e. The van der Waals surface area contributed by atoms with Crippen molar-refractivity contribution >= 4 is 28.4 Å². The number of aromatic nitrogens is 2. The summed E-state index contributed by atoms with van der Waals surface area (Å²) < 4.78 is 1.56. The molecule has 3 rings (SSSR count). The smallest absolute Gasteiger partial charge is 0.261 e. The van der Waals surface area contributed by atoms with E-state index < -0.39 is 0 Å². The zero-order valence-electron chi connectivity index (χ0n) is 19.2. The molecule has 0 aliphatic carbocycles. The van der Waals surface area contributed by atoms with Crippen LogP contribution in [0.1, 0.15) is 63.4 Å². The van der Waals surface area contributed by atoms with Crippen molar-refractivity contribution in [1.29, 1.82) is 0 Å². The molecule has 170 valence electrons. The molecular weight excluding hydrogens is 422 g/mol. The van der Waals surface area contributed by atoms with Crippen LogP contribution in [0.4, 0.5) is 0 Å². The molecule has 0 N–H and O–H groups in total. The number of unbranched alkanes of at least 4 members (excludes halogenated alkanes) is 3. The maximum absolute atomic E-state index is 13.2. The quantitative estimate of drug-likeness (QED) is 0.370. The lowest BCUT2D eigenvalue weighted by molar-refractivity contribution is -0.133. The largest absolute Gasteiger partial charge is 0.332 e. The van der Waals surface area contributed by atoms with Gasteiger partial charge in [0.15, 0.2) is 0 Å². The Bertz CT molecular complexity index is 1110. The van der Waals surface area contributed by atoms with E-state index in [1.54, 1.807) is 29.8 Å². The van der Waals surface area contributed by atoms with Crippen molar-refractivity contribution in [3.8, 4) is 0 Å². The van der Waals surface area contributed by atoms with Crippen molar-refractivity contribution in [3.63, 3.8) is 0 Å². The van der Waals surface area contributed by atoms with E-state index in [1.165, 1.54) is 5.56 Å². The first-order valence-electron chi connectivity index (χ1n) is 11.4. The highest BCUT2D eigenvalue weighted by molar-refractivity contribution is 6.31. The molecule has 1 unspecified atom stereocenters. The van der Waals surface area contributed by atoms with Gasteiger partial charge >= 0.3 is 0 Å². The van der Waals surface area contributed by atoms with E-state index >= 15 is 0 Å². The van der Waals surface area contributed by atoms with E-state index in [1.807, 2.05) is 30.0 Å². The van der Waals surface area contributed by atoms with Gasteiger partial charge in [-0.05, 0) is 43.5 Å². The number of fused-ring (bicyclic) bond motifs is 1. The number of hydrogen-bond acceptors (Lipinski definition) is 3. The zero-order chi connectivity index (χ0) is 23.1. The second-order valence-corrected chi connectivity index (χ2v) is 8.74. The first kappa shape index (κ1) is 24.0. The molecule has 0 aliphatic rings. The summed E-state index contributed by atoms with van der Waals surface area (Å²) in [5.74, 6) is 0.671. The second-order valence-electron chi connectivity index (χ2n) is 8.31. The maximum atomic E-state index is 13.2. The molecule has 5 nitrogen and oxygen atoms in total.